The van der Waals surface area contributed by atoms with E-state index in [1.165, 1.54) is 0 Å². The van der Waals surface area contributed by atoms with Crippen LogP contribution in [0.1, 0.15) is 18.1 Å². The van der Waals surface area contributed by atoms with E-state index in [4.69, 9.17) is 10.00 Å². The number of likely N-dealkylation sites (N-methyl/N-ethyl adjacent to an activating group) is 1. The van der Waals surface area contributed by atoms with Crippen LogP contribution in [0.25, 0.3) is 11.1 Å². The molecule has 0 atom stereocenters. The Morgan fingerprint density at radius 2 is 1.54 bits per heavy atom. The highest BCUT2D eigenvalue weighted by atomic mass is 16.5. The Morgan fingerprint density at radius 1 is 0.929 bits per heavy atom. The van der Waals surface area contributed by atoms with Crippen LogP contribution in [0.15, 0.2) is 78.9 Å². The van der Waals surface area contributed by atoms with Crippen molar-refractivity contribution in [2.75, 3.05) is 13.2 Å². The van der Waals surface area contributed by atoms with Gasteiger partial charge in [0.25, 0.3) is 5.91 Å². The minimum atomic E-state index is -0.0393. The van der Waals surface area contributed by atoms with Crippen molar-refractivity contribution in [1.82, 2.24) is 4.90 Å². The van der Waals surface area contributed by atoms with Gasteiger partial charge in [-0.25, -0.2) is 0 Å². The molecule has 0 aliphatic rings. The van der Waals surface area contributed by atoms with Crippen LogP contribution in [-0.2, 0) is 11.3 Å². The van der Waals surface area contributed by atoms with E-state index in [-0.39, 0.29) is 12.5 Å². The van der Waals surface area contributed by atoms with Crippen LogP contribution in [0.2, 0.25) is 0 Å². The SMILES string of the molecule is CCN(Cc1ccccc1)C(=O)COc1ccc(-c2ccc(C#N)cc2)cc1. The van der Waals surface area contributed by atoms with Gasteiger partial charge in [0.15, 0.2) is 6.61 Å². The van der Waals surface area contributed by atoms with Crippen molar-refractivity contribution in [3.05, 3.63) is 90.0 Å². The zero-order valence-electron chi connectivity index (χ0n) is 15.8. The number of ether oxygens (including phenoxy) is 1. The van der Waals surface area contributed by atoms with E-state index >= 15 is 0 Å². The topological polar surface area (TPSA) is 53.3 Å². The second-order valence-electron chi connectivity index (χ2n) is 6.40. The lowest BCUT2D eigenvalue weighted by Gasteiger charge is -2.21. The number of rotatable bonds is 7. The fourth-order valence-electron chi connectivity index (χ4n) is 2.90. The number of nitrogens with zero attached hydrogens (tertiary/aromatic N) is 2. The molecule has 0 N–H and O–H groups in total. The molecule has 3 aromatic rings. The van der Waals surface area contributed by atoms with Gasteiger partial charge in [-0.1, -0.05) is 54.6 Å². The van der Waals surface area contributed by atoms with Gasteiger partial charge < -0.3 is 9.64 Å². The highest BCUT2D eigenvalue weighted by Crippen LogP contribution is 2.23. The fraction of sp³-hybridized carbons (Fsp3) is 0.167. The van der Waals surface area contributed by atoms with Crippen LogP contribution in [-0.4, -0.2) is 24.0 Å². The summed E-state index contributed by atoms with van der Waals surface area (Å²) in [6, 6.07) is 27.1. The van der Waals surface area contributed by atoms with Crippen LogP contribution >= 0.6 is 0 Å². The van der Waals surface area contributed by atoms with Crippen LogP contribution in [0, 0.1) is 11.3 Å². The summed E-state index contributed by atoms with van der Waals surface area (Å²) < 4.78 is 5.68. The van der Waals surface area contributed by atoms with Crippen molar-refractivity contribution in [3.63, 3.8) is 0 Å². The first-order valence-corrected chi connectivity index (χ1v) is 9.24. The van der Waals surface area contributed by atoms with Gasteiger partial charge in [-0.15, -0.1) is 0 Å². The number of hydrogen-bond acceptors (Lipinski definition) is 3. The van der Waals surface area contributed by atoms with Crippen LogP contribution in [0.3, 0.4) is 0 Å². The Kier molecular flexibility index (Phi) is 6.43. The Hall–Kier alpha value is -3.58. The second kappa shape index (κ2) is 9.38. The first kappa shape index (κ1) is 19.2. The van der Waals surface area contributed by atoms with Crippen LogP contribution in [0.5, 0.6) is 5.75 Å². The molecular weight excluding hydrogens is 348 g/mol. The molecule has 28 heavy (non-hydrogen) atoms. The van der Waals surface area contributed by atoms with E-state index in [9.17, 15) is 4.79 Å². The maximum atomic E-state index is 12.5. The molecule has 0 heterocycles. The number of benzene rings is 3. The molecule has 0 aromatic heterocycles. The molecule has 3 aromatic carbocycles. The number of carbonyl (C=O) groups excluding carboxylic acids is 1. The quantitative estimate of drug-likeness (QED) is 0.608. The molecule has 0 saturated heterocycles. The molecule has 0 saturated carbocycles. The largest absolute Gasteiger partial charge is 0.484 e. The number of nitriles is 1. The van der Waals surface area contributed by atoms with Crippen molar-refractivity contribution in [3.8, 4) is 22.9 Å². The van der Waals surface area contributed by atoms with E-state index in [0.29, 0.717) is 24.4 Å². The zero-order chi connectivity index (χ0) is 19.8. The summed E-state index contributed by atoms with van der Waals surface area (Å²) in [5, 5.41) is 8.88. The van der Waals surface area contributed by atoms with Gasteiger partial charge in [0.05, 0.1) is 11.6 Å². The van der Waals surface area contributed by atoms with Crippen molar-refractivity contribution < 1.29 is 9.53 Å². The Labute approximate surface area is 165 Å². The average Bonchev–Trinajstić information content (AvgIpc) is 2.77. The maximum Gasteiger partial charge on any atom is 0.260 e. The van der Waals surface area contributed by atoms with Gasteiger partial charge in [-0.2, -0.15) is 5.26 Å². The molecule has 0 spiro atoms. The summed E-state index contributed by atoms with van der Waals surface area (Å²) in [4.78, 5) is 14.3. The molecule has 1 amide bonds. The second-order valence-corrected chi connectivity index (χ2v) is 6.40. The number of hydrogen-bond donors (Lipinski definition) is 0. The van der Waals surface area contributed by atoms with Gasteiger partial charge in [0.2, 0.25) is 0 Å². The van der Waals surface area contributed by atoms with Gasteiger partial charge >= 0.3 is 0 Å². The number of amides is 1. The standard InChI is InChI=1S/C24H22N2O2/c1-2-26(17-20-6-4-3-5-7-20)24(27)18-28-23-14-12-22(13-15-23)21-10-8-19(16-25)9-11-21/h3-15H,2,17-18H2,1H3. The predicted molar refractivity (Wildman–Crippen MR) is 110 cm³/mol. The van der Waals surface area contributed by atoms with Gasteiger partial charge in [0, 0.05) is 13.1 Å². The third kappa shape index (κ3) is 4.99. The van der Waals surface area contributed by atoms with E-state index in [1.807, 2.05) is 73.7 Å². The molecule has 4 heteroatoms. The summed E-state index contributed by atoms with van der Waals surface area (Å²) in [7, 11) is 0. The van der Waals surface area contributed by atoms with Crippen LogP contribution in [0.4, 0.5) is 0 Å². The van der Waals surface area contributed by atoms with Crippen molar-refractivity contribution in [2.45, 2.75) is 13.5 Å². The molecule has 0 unspecified atom stereocenters. The third-order valence-corrected chi connectivity index (χ3v) is 4.51. The molecule has 0 fully saturated rings. The lowest BCUT2D eigenvalue weighted by atomic mass is 10.0. The molecule has 3 rings (SSSR count). The normalized spacial score (nSPS) is 10.1. The highest BCUT2D eigenvalue weighted by Gasteiger charge is 2.13. The van der Waals surface area contributed by atoms with Crippen LogP contribution < -0.4 is 4.74 Å². The smallest absolute Gasteiger partial charge is 0.260 e. The summed E-state index contributed by atoms with van der Waals surface area (Å²) in [6.07, 6.45) is 0. The van der Waals surface area contributed by atoms with E-state index in [0.717, 1.165) is 16.7 Å². The van der Waals surface area contributed by atoms with Gasteiger partial charge in [0.1, 0.15) is 5.75 Å². The summed E-state index contributed by atoms with van der Waals surface area (Å²) in [6.45, 7) is 3.19. The molecule has 0 aliphatic heterocycles. The average molecular weight is 370 g/mol. The lowest BCUT2D eigenvalue weighted by Crippen LogP contribution is -2.34. The highest BCUT2D eigenvalue weighted by molar-refractivity contribution is 5.77. The molecule has 4 nitrogen and oxygen atoms in total. The maximum absolute atomic E-state index is 12.5. The summed E-state index contributed by atoms with van der Waals surface area (Å²) in [5.41, 5.74) is 3.80. The van der Waals surface area contributed by atoms with Crippen molar-refractivity contribution in [1.29, 1.82) is 5.26 Å². The van der Waals surface area contributed by atoms with Gasteiger partial charge in [-0.3, -0.25) is 4.79 Å². The molecule has 0 bridgehead atoms. The van der Waals surface area contributed by atoms with Crippen molar-refractivity contribution in [2.24, 2.45) is 0 Å². The van der Waals surface area contributed by atoms with E-state index in [2.05, 4.69) is 6.07 Å². The lowest BCUT2D eigenvalue weighted by molar-refractivity contribution is -0.133. The molecule has 0 aliphatic carbocycles. The molecular formula is C24H22N2O2. The molecule has 140 valence electrons. The summed E-state index contributed by atoms with van der Waals surface area (Å²) in [5.74, 6) is 0.615. The Morgan fingerprint density at radius 3 is 2.11 bits per heavy atom. The fourth-order valence-corrected chi connectivity index (χ4v) is 2.90. The zero-order valence-corrected chi connectivity index (χ0v) is 15.8. The van der Waals surface area contributed by atoms with Crippen molar-refractivity contribution >= 4 is 5.91 Å². The first-order chi connectivity index (χ1) is 13.7. The van der Waals surface area contributed by atoms with E-state index in [1.54, 1.807) is 17.0 Å². The minimum Gasteiger partial charge on any atom is -0.484 e. The Balaban J connectivity index is 1.57. The predicted octanol–water partition coefficient (Wildman–Crippen LogP) is 4.65. The third-order valence-electron chi connectivity index (χ3n) is 4.51. The minimum absolute atomic E-state index is 0.0108. The first-order valence-electron chi connectivity index (χ1n) is 9.24. The monoisotopic (exact) mass is 370 g/mol. The molecule has 0 radical (unpaired) electrons. The Bertz CT molecular complexity index is 943. The van der Waals surface area contributed by atoms with Gasteiger partial charge in [-0.05, 0) is 47.9 Å². The van der Waals surface area contributed by atoms with E-state index < -0.39 is 0 Å². The number of carbonyl (C=O) groups is 1. The summed E-state index contributed by atoms with van der Waals surface area (Å²) >= 11 is 0.